The van der Waals surface area contributed by atoms with Crippen molar-refractivity contribution in [3.8, 4) is 11.4 Å². The Morgan fingerprint density at radius 2 is 2.00 bits per heavy atom. The predicted molar refractivity (Wildman–Crippen MR) is 91.4 cm³/mol. The van der Waals surface area contributed by atoms with Crippen molar-refractivity contribution < 1.29 is 4.79 Å². The zero-order valence-electron chi connectivity index (χ0n) is 13.7. The van der Waals surface area contributed by atoms with Crippen molar-refractivity contribution in [1.29, 1.82) is 0 Å². The van der Waals surface area contributed by atoms with Crippen LogP contribution in [0.15, 0.2) is 48.9 Å². The Kier molecular flexibility index (Phi) is 4.65. The molecule has 2 aromatic heterocycles. The fourth-order valence-electron chi connectivity index (χ4n) is 2.50. The normalized spacial score (nSPS) is 11.9. The van der Waals surface area contributed by atoms with Gasteiger partial charge >= 0.3 is 0 Å². The van der Waals surface area contributed by atoms with Crippen molar-refractivity contribution in [3.05, 3.63) is 65.7 Å². The third kappa shape index (κ3) is 3.65. The van der Waals surface area contributed by atoms with Crippen molar-refractivity contribution >= 4 is 5.91 Å². The number of benzene rings is 1. The Morgan fingerprint density at radius 3 is 2.67 bits per heavy atom. The number of aromatic nitrogens is 4. The number of carbonyl (C=O) groups is 1. The summed E-state index contributed by atoms with van der Waals surface area (Å²) in [5, 5.41) is 9.63. The van der Waals surface area contributed by atoms with Crippen LogP contribution in [0.2, 0.25) is 0 Å². The van der Waals surface area contributed by atoms with Gasteiger partial charge in [0.15, 0.2) is 5.82 Å². The van der Waals surface area contributed by atoms with Crippen LogP contribution in [0.1, 0.15) is 28.5 Å². The van der Waals surface area contributed by atoms with Gasteiger partial charge in [0, 0.05) is 35.5 Å². The van der Waals surface area contributed by atoms with Gasteiger partial charge in [0.2, 0.25) is 0 Å². The Hall–Kier alpha value is -3.02. The maximum Gasteiger partial charge on any atom is 0.251 e. The molecule has 6 nitrogen and oxygen atoms in total. The molecule has 0 radical (unpaired) electrons. The predicted octanol–water partition coefficient (Wildman–Crippen LogP) is 2.54. The molecule has 1 amide bonds. The van der Waals surface area contributed by atoms with Crippen molar-refractivity contribution in [2.24, 2.45) is 0 Å². The number of hydrogen-bond acceptors (Lipinski definition) is 4. The van der Waals surface area contributed by atoms with E-state index in [1.165, 1.54) is 6.33 Å². The fourth-order valence-corrected chi connectivity index (χ4v) is 2.50. The van der Waals surface area contributed by atoms with Crippen molar-refractivity contribution in [3.63, 3.8) is 0 Å². The van der Waals surface area contributed by atoms with E-state index in [0.717, 1.165) is 16.8 Å². The van der Waals surface area contributed by atoms with E-state index in [0.29, 0.717) is 17.8 Å². The monoisotopic (exact) mass is 321 g/mol. The summed E-state index contributed by atoms with van der Waals surface area (Å²) in [7, 11) is 0. The molecule has 0 fully saturated rings. The van der Waals surface area contributed by atoms with Crippen LogP contribution >= 0.6 is 0 Å². The van der Waals surface area contributed by atoms with Crippen LogP contribution in [0.4, 0.5) is 0 Å². The molecule has 3 aromatic rings. The van der Waals surface area contributed by atoms with Crippen LogP contribution in [0.3, 0.4) is 0 Å². The van der Waals surface area contributed by atoms with Crippen LogP contribution < -0.4 is 5.32 Å². The molecular weight excluding hydrogens is 302 g/mol. The quantitative estimate of drug-likeness (QED) is 0.756. The molecule has 2 N–H and O–H groups in total. The highest BCUT2D eigenvalue weighted by atomic mass is 16.1. The first-order valence-corrected chi connectivity index (χ1v) is 7.80. The number of carbonyl (C=O) groups excluding carboxylic acids is 1. The minimum absolute atomic E-state index is 0.0000466. The first-order valence-electron chi connectivity index (χ1n) is 7.80. The van der Waals surface area contributed by atoms with Gasteiger partial charge in [0.1, 0.15) is 6.33 Å². The number of aromatic amines is 1. The van der Waals surface area contributed by atoms with Crippen LogP contribution in [-0.4, -0.2) is 32.1 Å². The lowest BCUT2D eigenvalue weighted by Gasteiger charge is -2.14. The Balaban J connectivity index is 1.63. The zero-order valence-corrected chi connectivity index (χ0v) is 13.7. The van der Waals surface area contributed by atoms with Crippen LogP contribution in [0.5, 0.6) is 0 Å². The SMILES string of the molecule is Cc1cccnc1C[C@H](C)NC(=O)c1ccc(-c2ncn[nH]2)cc1. The van der Waals surface area contributed by atoms with E-state index in [1.807, 2.05) is 38.1 Å². The average Bonchev–Trinajstić information content (AvgIpc) is 3.11. The first kappa shape index (κ1) is 15.9. The van der Waals surface area contributed by atoms with Gasteiger partial charge in [0.05, 0.1) is 0 Å². The van der Waals surface area contributed by atoms with Gasteiger partial charge in [-0.2, -0.15) is 5.10 Å². The highest BCUT2D eigenvalue weighted by Crippen LogP contribution is 2.14. The first-order chi connectivity index (χ1) is 11.6. The van der Waals surface area contributed by atoms with Gasteiger partial charge in [-0.05, 0) is 37.6 Å². The van der Waals surface area contributed by atoms with E-state index in [4.69, 9.17) is 0 Å². The molecule has 0 aliphatic carbocycles. The molecule has 0 bridgehead atoms. The van der Waals surface area contributed by atoms with E-state index in [1.54, 1.807) is 18.3 Å². The highest BCUT2D eigenvalue weighted by Gasteiger charge is 2.12. The molecule has 6 heteroatoms. The van der Waals surface area contributed by atoms with Gasteiger partial charge < -0.3 is 5.32 Å². The number of H-pyrrole nitrogens is 1. The summed E-state index contributed by atoms with van der Waals surface area (Å²) in [5.41, 5.74) is 3.64. The van der Waals surface area contributed by atoms with Gasteiger partial charge in [-0.15, -0.1) is 0 Å². The summed E-state index contributed by atoms with van der Waals surface area (Å²) in [4.78, 5) is 20.8. The number of rotatable bonds is 5. The van der Waals surface area contributed by atoms with Crippen molar-refractivity contribution in [2.45, 2.75) is 26.3 Å². The molecule has 0 unspecified atom stereocenters. The number of pyridine rings is 1. The summed E-state index contributed by atoms with van der Waals surface area (Å²) >= 11 is 0. The molecule has 2 heterocycles. The Morgan fingerprint density at radius 1 is 1.21 bits per heavy atom. The Labute approximate surface area is 140 Å². The van der Waals surface area contributed by atoms with Crippen molar-refractivity contribution in [1.82, 2.24) is 25.5 Å². The second-order valence-corrected chi connectivity index (χ2v) is 5.76. The average molecular weight is 321 g/mol. The zero-order chi connectivity index (χ0) is 16.9. The van der Waals surface area contributed by atoms with Crippen molar-refractivity contribution in [2.75, 3.05) is 0 Å². The highest BCUT2D eigenvalue weighted by molar-refractivity contribution is 5.94. The third-order valence-electron chi connectivity index (χ3n) is 3.83. The number of hydrogen-bond donors (Lipinski definition) is 2. The fraction of sp³-hybridized carbons (Fsp3) is 0.222. The number of nitrogens with one attached hydrogen (secondary N) is 2. The number of aryl methyl sites for hydroxylation is 1. The lowest BCUT2D eigenvalue weighted by Crippen LogP contribution is -2.34. The maximum atomic E-state index is 12.4. The van der Waals surface area contributed by atoms with Gasteiger partial charge in [-0.1, -0.05) is 18.2 Å². The maximum absolute atomic E-state index is 12.4. The summed E-state index contributed by atoms with van der Waals surface area (Å²) in [6.45, 7) is 4.01. The number of nitrogens with zero attached hydrogens (tertiary/aromatic N) is 3. The Bertz CT molecular complexity index is 812. The van der Waals surface area contributed by atoms with E-state index >= 15 is 0 Å². The molecule has 1 atom stereocenters. The van der Waals surface area contributed by atoms with E-state index in [-0.39, 0.29) is 11.9 Å². The molecule has 0 saturated carbocycles. The van der Waals surface area contributed by atoms with Gasteiger partial charge in [0.25, 0.3) is 5.91 Å². The summed E-state index contributed by atoms with van der Waals surface area (Å²) in [5.74, 6) is 0.584. The van der Waals surface area contributed by atoms with E-state index in [2.05, 4.69) is 25.5 Å². The molecule has 0 aliphatic rings. The summed E-state index contributed by atoms with van der Waals surface area (Å²) < 4.78 is 0. The molecule has 1 aromatic carbocycles. The second-order valence-electron chi connectivity index (χ2n) is 5.76. The lowest BCUT2D eigenvalue weighted by molar-refractivity contribution is 0.0940. The lowest BCUT2D eigenvalue weighted by atomic mass is 10.1. The minimum atomic E-state index is -0.0970. The van der Waals surface area contributed by atoms with Crippen LogP contribution in [-0.2, 0) is 6.42 Å². The second kappa shape index (κ2) is 7.04. The molecule has 122 valence electrons. The van der Waals surface area contributed by atoms with Crippen LogP contribution in [0, 0.1) is 6.92 Å². The molecule has 0 saturated heterocycles. The molecule has 0 aliphatic heterocycles. The third-order valence-corrected chi connectivity index (χ3v) is 3.83. The molecule has 24 heavy (non-hydrogen) atoms. The topological polar surface area (TPSA) is 83.6 Å². The van der Waals surface area contributed by atoms with E-state index < -0.39 is 0 Å². The van der Waals surface area contributed by atoms with Gasteiger partial charge in [-0.25, -0.2) is 4.98 Å². The number of amides is 1. The van der Waals surface area contributed by atoms with Gasteiger partial charge in [-0.3, -0.25) is 14.9 Å². The molecule has 0 spiro atoms. The smallest absolute Gasteiger partial charge is 0.251 e. The summed E-state index contributed by atoms with van der Waals surface area (Å²) in [6, 6.07) is 11.2. The van der Waals surface area contributed by atoms with E-state index in [9.17, 15) is 4.79 Å². The summed E-state index contributed by atoms with van der Waals surface area (Å²) in [6.07, 6.45) is 3.94. The molecular formula is C18H19N5O. The van der Waals surface area contributed by atoms with Crippen LogP contribution in [0.25, 0.3) is 11.4 Å². The molecule has 3 rings (SSSR count). The largest absolute Gasteiger partial charge is 0.349 e. The minimum Gasteiger partial charge on any atom is -0.349 e. The standard InChI is InChI=1S/C18H19N5O/c1-12-4-3-9-19-16(12)10-13(2)22-18(24)15-7-5-14(6-8-15)17-20-11-21-23-17/h3-9,11,13H,10H2,1-2H3,(H,22,24)(H,20,21,23)/t13-/m0/s1.